The highest BCUT2D eigenvalue weighted by Crippen LogP contribution is 2.24. The number of unbranched alkanes of at least 4 members (excludes halogenated alkanes) is 3. The lowest BCUT2D eigenvalue weighted by atomic mass is 10.2. The Balaban J connectivity index is 2.75. The van der Waals surface area contributed by atoms with Crippen LogP contribution in [0.4, 0.5) is 5.69 Å². The molecule has 0 aliphatic carbocycles. The number of nitro benzene ring substituents is 1. The Kier molecular flexibility index (Phi) is 5.91. The van der Waals surface area contributed by atoms with E-state index in [0.29, 0.717) is 6.42 Å². The van der Waals surface area contributed by atoms with Gasteiger partial charge in [-0.1, -0.05) is 38.3 Å². The van der Waals surface area contributed by atoms with Gasteiger partial charge in [0.15, 0.2) is 4.90 Å². The Morgan fingerprint density at radius 2 is 1.89 bits per heavy atom. The molecule has 106 valence electrons. The largest absolute Gasteiger partial charge is 0.303 e. The quantitative estimate of drug-likeness (QED) is 0.317. The lowest BCUT2D eigenvalue weighted by Crippen LogP contribution is -2.10. The van der Waals surface area contributed by atoms with E-state index in [-0.39, 0.29) is 6.61 Å². The monoisotopic (exact) mass is 287 g/mol. The second-order valence-corrected chi connectivity index (χ2v) is 5.65. The maximum absolute atomic E-state index is 11.9. The second-order valence-electron chi connectivity index (χ2n) is 4.06. The van der Waals surface area contributed by atoms with E-state index in [1.165, 1.54) is 18.2 Å². The number of rotatable bonds is 8. The van der Waals surface area contributed by atoms with Crippen LogP contribution in [0.1, 0.15) is 32.6 Å². The van der Waals surface area contributed by atoms with E-state index in [4.69, 9.17) is 4.18 Å². The fourth-order valence-electron chi connectivity index (χ4n) is 1.58. The molecule has 1 aromatic carbocycles. The number of nitro groups is 1. The van der Waals surface area contributed by atoms with Crippen molar-refractivity contribution in [3.63, 3.8) is 0 Å². The lowest BCUT2D eigenvalue weighted by molar-refractivity contribution is -0.387. The maximum atomic E-state index is 11.9. The predicted octanol–water partition coefficient (Wildman–Crippen LogP) is 2.88. The van der Waals surface area contributed by atoms with Crippen molar-refractivity contribution in [2.75, 3.05) is 6.61 Å². The van der Waals surface area contributed by atoms with E-state index in [9.17, 15) is 18.5 Å². The van der Waals surface area contributed by atoms with Gasteiger partial charge in [0.05, 0.1) is 11.5 Å². The molecule has 0 bridgehead atoms. The standard InChI is InChI=1S/C12H17NO5S/c1-2-3-4-7-10-18-19(16,17)12-9-6-5-8-11(12)13(14)15/h5-6,8-9H,2-4,7,10H2,1H3. The van der Waals surface area contributed by atoms with Crippen molar-refractivity contribution in [3.05, 3.63) is 34.4 Å². The van der Waals surface area contributed by atoms with E-state index >= 15 is 0 Å². The van der Waals surface area contributed by atoms with Crippen LogP contribution in [0.2, 0.25) is 0 Å². The minimum Gasteiger partial charge on any atom is -0.266 e. The van der Waals surface area contributed by atoms with Gasteiger partial charge in [-0.15, -0.1) is 0 Å². The lowest BCUT2D eigenvalue weighted by Gasteiger charge is -2.05. The number of benzene rings is 1. The highest BCUT2D eigenvalue weighted by molar-refractivity contribution is 7.87. The third kappa shape index (κ3) is 4.60. The molecule has 0 atom stereocenters. The summed E-state index contributed by atoms with van der Waals surface area (Å²) >= 11 is 0. The molecule has 0 fully saturated rings. The van der Waals surface area contributed by atoms with Crippen molar-refractivity contribution < 1.29 is 17.5 Å². The third-order valence-electron chi connectivity index (χ3n) is 2.57. The summed E-state index contributed by atoms with van der Waals surface area (Å²) in [5.74, 6) is 0. The zero-order chi connectivity index (χ0) is 14.3. The van der Waals surface area contributed by atoms with Crippen molar-refractivity contribution in [1.29, 1.82) is 0 Å². The van der Waals surface area contributed by atoms with Gasteiger partial charge in [-0.25, -0.2) is 0 Å². The molecule has 6 nitrogen and oxygen atoms in total. The Bertz CT molecular complexity index is 527. The first-order valence-electron chi connectivity index (χ1n) is 6.12. The van der Waals surface area contributed by atoms with Crippen LogP contribution in [-0.2, 0) is 14.3 Å². The molecule has 0 N–H and O–H groups in total. The molecule has 0 spiro atoms. The fraction of sp³-hybridized carbons (Fsp3) is 0.500. The van der Waals surface area contributed by atoms with Crippen LogP contribution in [0.5, 0.6) is 0 Å². The van der Waals surface area contributed by atoms with Crippen molar-refractivity contribution in [1.82, 2.24) is 0 Å². The third-order valence-corrected chi connectivity index (χ3v) is 3.93. The minimum atomic E-state index is -4.06. The van der Waals surface area contributed by atoms with Crippen molar-refractivity contribution in [2.24, 2.45) is 0 Å². The topological polar surface area (TPSA) is 86.5 Å². The molecule has 0 aromatic heterocycles. The molecular weight excluding hydrogens is 270 g/mol. The number of hydrogen-bond donors (Lipinski definition) is 0. The molecule has 7 heteroatoms. The van der Waals surface area contributed by atoms with Gasteiger partial charge < -0.3 is 0 Å². The average molecular weight is 287 g/mol. The smallest absolute Gasteiger partial charge is 0.266 e. The summed E-state index contributed by atoms with van der Waals surface area (Å²) < 4.78 is 28.5. The van der Waals surface area contributed by atoms with Gasteiger partial charge >= 0.3 is 10.1 Å². The van der Waals surface area contributed by atoms with Crippen LogP contribution >= 0.6 is 0 Å². The first kappa shape index (κ1) is 15.6. The van der Waals surface area contributed by atoms with Gasteiger partial charge in [0.2, 0.25) is 0 Å². The molecule has 1 aromatic rings. The van der Waals surface area contributed by atoms with E-state index in [2.05, 4.69) is 0 Å². The SMILES string of the molecule is CCCCCCOS(=O)(=O)c1ccccc1[N+](=O)[O-]. The Morgan fingerprint density at radius 3 is 2.53 bits per heavy atom. The van der Waals surface area contributed by atoms with Crippen LogP contribution in [0.25, 0.3) is 0 Å². The molecule has 0 radical (unpaired) electrons. The highest BCUT2D eigenvalue weighted by atomic mass is 32.2. The zero-order valence-corrected chi connectivity index (χ0v) is 11.6. The normalized spacial score (nSPS) is 11.4. The van der Waals surface area contributed by atoms with Gasteiger partial charge in [0.1, 0.15) is 0 Å². The first-order chi connectivity index (χ1) is 8.99. The van der Waals surface area contributed by atoms with Gasteiger partial charge in [-0.3, -0.25) is 14.3 Å². The summed E-state index contributed by atoms with van der Waals surface area (Å²) in [5.41, 5.74) is -0.462. The average Bonchev–Trinajstić information content (AvgIpc) is 2.38. The Morgan fingerprint density at radius 1 is 1.21 bits per heavy atom. The molecule has 0 saturated carbocycles. The van der Waals surface area contributed by atoms with Crippen LogP contribution in [0.3, 0.4) is 0 Å². The molecule has 0 saturated heterocycles. The van der Waals surface area contributed by atoms with Crippen LogP contribution in [0, 0.1) is 10.1 Å². The predicted molar refractivity (Wildman–Crippen MR) is 70.4 cm³/mol. The van der Waals surface area contributed by atoms with Crippen molar-refractivity contribution >= 4 is 15.8 Å². The molecule has 0 heterocycles. The molecular formula is C12H17NO5S. The summed E-state index contributed by atoms with van der Waals surface area (Å²) in [5, 5.41) is 10.8. The Labute approximate surface area is 112 Å². The Hall–Kier alpha value is -1.47. The van der Waals surface area contributed by atoms with Gasteiger partial charge in [0.25, 0.3) is 5.69 Å². The van der Waals surface area contributed by atoms with Crippen molar-refractivity contribution in [2.45, 2.75) is 37.5 Å². The highest BCUT2D eigenvalue weighted by Gasteiger charge is 2.25. The van der Waals surface area contributed by atoms with Gasteiger partial charge in [-0.2, -0.15) is 8.42 Å². The van der Waals surface area contributed by atoms with Crippen molar-refractivity contribution in [3.8, 4) is 0 Å². The number of nitrogens with zero attached hydrogens (tertiary/aromatic N) is 1. The minimum absolute atomic E-state index is 0.0500. The number of para-hydroxylation sites is 1. The second kappa shape index (κ2) is 7.20. The molecule has 1 rings (SSSR count). The summed E-state index contributed by atoms with van der Waals surface area (Å²) in [4.78, 5) is 9.65. The molecule has 0 aliphatic heterocycles. The summed E-state index contributed by atoms with van der Waals surface area (Å²) in [6.45, 7) is 2.10. The molecule has 19 heavy (non-hydrogen) atoms. The zero-order valence-electron chi connectivity index (χ0n) is 10.7. The van der Waals surface area contributed by atoms with E-state index in [1.54, 1.807) is 0 Å². The fourth-order valence-corrected chi connectivity index (χ4v) is 2.69. The summed E-state index contributed by atoms with van der Waals surface area (Å²) in [6, 6.07) is 5.17. The van der Waals surface area contributed by atoms with Crippen LogP contribution < -0.4 is 0 Å². The van der Waals surface area contributed by atoms with E-state index in [0.717, 1.165) is 25.3 Å². The van der Waals surface area contributed by atoms with Crippen LogP contribution in [-0.4, -0.2) is 19.9 Å². The summed E-state index contributed by atoms with van der Waals surface area (Å²) in [7, 11) is -4.06. The first-order valence-corrected chi connectivity index (χ1v) is 7.52. The molecule has 0 aliphatic rings. The summed E-state index contributed by atoms with van der Waals surface area (Å²) in [6.07, 6.45) is 3.54. The maximum Gasteiger partial charge on any atom is 0.303 e. The van der Waals surface area contributed by atoms with Crippen LogP contribution in [0.15, 0.2) is 29.2 Å². The molecule has 0 amide bonds. The van der Waals surface area contributed by atoms with Gasteiger partial charge in [-0.05, 0) is 12.5 Å². The number of hydrogen-bond acceptors (Lipinski definition) is 5. The van der Waals surface area contributed by atoms with E-state index < -0.39 is 25.6 Å². The molecule has 0 unspecified atom stereocenters. The van der Waals surface area contributed by atoms with E-state index in [1.807, 2.05) is 6.92 Å². The van der Waals surface area contributed by atoms with Gasteiger partial charge in [0, 0.05) is 6.07 Å².